The molecule has 1 N–H and O–H groups in total. The van der Waals surface area contributed by atoms with Gasteiger partial charge in [-0.25, -0.2) is 4.98 Å². The first-order valence-corrected chi connectivity index (χ1v) is 7.11. The lowest BCUT2D eigenvalue weighted by Gasteiger charge is -1.97. The number of benzene rings is 2. The summed E-state index contributed by atoms with van der Waals surface area (Å²) in [6, 6.07) is 16.8. The quantitative estimate of drug-likeness (QED) is 0.693. The summed E-state index contributed by atoms with van der Waals surface area (Å²) < 4.78 is 0. The van der Waals surface area contributed by atoms with Gasteiger partial charge in [0, 0.05) is 12.2 Å². The molecule has 0 atom stereocenters. The Morgan fingerprint density at radius 2 is 1.79 bits per heavy atom. The fourth-order valence-electron chi connectivity index (χ4n) is 2.23. The second kappa shape index (κ2) is 5.49. The fraction of sp³-hybridized carbons (Fsp3) is 0.188. The van der Waals surface area contributed by atoms with Crippen LogP contribution in [0.4, 0.5) is 0 Å². The van der Waals surface area contributed by atoms with Crippen LogP contribution in [0.25, 0.3) is 11.0 Å². The number of imidazole rings is 1. The number of hydrogen-bond donors (Lipinski definition) is 2. The lowest BCUT2D eigenvalue weighted by molar-refractivity contribution is 0.890. The molecule has 3 heteroatoms. The molecule has 2 aromatic carbocycles. The summed E-state index contributed by atoms with van der Waals surface area (Å²) in [5.74, 6) is 1.81. The van der Waals surface area contributed by atoms with Crippen LogP contribution < -0.4 is 0 Å². The van der Waals surface area contributed by atoms with Gasteiger partial charge in [0.05, 0.1) is 11.0 Å². The number of aryl methyl sites for hydroxylation is 2. The van der Waals surface area contributed by atoms with E-state index in [1.807, 2.05) is 6.07 Å². The molecule has 1 aromatic heterocycles. The van der Waals surface area contributed by atoms with Crippen LogP contribution in [-0.2, 0) is 18.6 Å². The van der Waals surface area contributed by atoms with Crippen LogP contribution in [0.5, 0.6) is 0 Å². The van der Waals surface area contributed by atoms with Gasteiger partial charge in [-0.1, -0.05) is 36.4 Å². The molecule has 0 amide bonds. The van der Waals surface area contributed by atoms with Crippen molar-refractivity contribution in [3.05, 3.63) is 65.5 Å². The summed E-state index contributed by atoms with van der Waals surface area (Å²) in [4.78, 5) is 8.02. The summed E-state index contributed by atoms with van der Waals surface area (Å²) in [5.41, 5.74) is 4.70. The molecule has 1 heterocycles. The summed E-state index contributed by atoms with van der Waals surface area (Å²) in [5, 5.41) is 0. The zero-order valence-electron chi connectivity index (χ0n) is 10.6. The highest BCUT2D eigenvalue weighted by atomic mass is 32.1. The molecule has 0 unspecified atom stereocenters. The summed E-state index contributed by atoms with van der Waals surface area (Å²) in [7, 11) is 0. The first-order chi connectivity index (χ1) is 9.35. The molecule has 0 fully saturated rings. The maximum absolute atomic E-state index is 4.62. The third-order valence-corrected chi connectivity index (χ3v) is 3.64. The van der Waals surface area contributed by atoms with Crippen LogP contribution in [0, 0.1) is 0 Å². The van der Waals surface area contributed by atoms with E-state index in [0.717, 1.165) is 35.5 Å². The molecule has 19 heavy (non-hydrogen) atoms. The Kier molecular flexibility index (Phi) is 3.56. The number of nitrogens with zero attached hydrogens (tertiary/aromatic N) is 1. The number of thiol groups is 1. The number of hydrogen-bond acceptors (Lipinski definition) is 2. The smallest absolute Gasteiger partial charge is 0.107 e. The van der Waals surface area contributed by atoms with Gasteiger partial charge in [0.25, 0.3) is 0 Å². The van der Waals surface area contributed by atoms with Gasteiger partial charge in [-0.15, -0.1) is 0 Å². The molecule has 0 saturated heterocycles. The lowest BCUT2D eigenvalue weighted by atomic mass is 10.1. The van der Waals surface area contributed by atoms with Gasteiger partial charge in [-0.2, -0.15) is 12.6 Å². The Labute approximate surface area is 118 Å². The van der Waals surface area contributed by atoms with E-state index in [1.54, 1.807) is 0 Å². The van der Waals surface area contributed by atoms with E-state index in [9.17, 15) is 0 Å². The van der Waals surface area contributed by atoms with E-state index in [2.05, 4.69) is 65.1 Å². The highest BCUT2D eigenvalue weighted by molar-refractivity contribution is 7.79. The predicted octanol–water partition coefficient (Wildman–Crippen LogP) is 3.78. The Bertz CT molecular complexity index is 674. The van der Waals surface area contributed by atoms with Gasteiger partial charge >= 0.3 is 0 Å². The van der Waals surface area contributed by atoms with Crippen LogP contribution in [-0.4, -0.2) is 9.97 Å². The van der Waals surface area contributed by atoms with Gasteiger partial charge in [-0.3, -0.25) is 0 Å². The van der Waals surface area contributed by atoms with Crippen molar-refractivity contribution in [2.24, 2.45) is 0 Å². The summed E-state index contributed by atoms with van der Waals surface area (Å²) in [6.45, 7) is 0. The van der Waals surface area contributed by atoms with Gasteiger partial charge < -0.3 is 4.98 Å². The van der Waals surface area contributed by atoms with E-state index in [-0.39, 0.29) is 0 Å². The van der Waals surface area contributed by atoms with E-state index >= 15 is 0 Å². The largest absolute Gasteiger partial charge is 0.342 e. The molecule has 0 saturated carbocycles. The second-order valence-corrected chi connectivity index (χ2v) is 4.99. The van der Waals surface area contributed by atoms with Crippen LogP contribution in [0.1, 0.15) is 17.0 Å². The average molecular weight is 268 g/mol. The molecule has 0 spiro atoms. The fourth-order valence-corrected chi connectivity index (χ4v) is 2.43. The number of nitrogens with one attached hydrogen (secondary N) is 1. The minimum Gasteiger partial charge on any atom is -0.342 e. The number of rotatable bonds is 4. The monoisotopic (exact) mass is 268 g/mol. The van der Waals surface area contributed by atoms with Crippen molar-refractivity contribution in [3.8, 4) is 0 Å². The number of fused-ring (bicyclic) bond motifs is 1. The molecular formula is C16H16N2S. The van der Waals surface area contributed by atoms with Crippen molar-refractivity contribution in [3.63, 3.8) is 0 Å². The molecule has 3 rings (SSSR count). The van der Waals surface area contributed by atoms with Crippen molar-refractivity contribution in [2.45, 2.75) is 18.6 Å². The zero-order valence-corrected chi connectivity index (χ0v) is 11.5. The number of aromatic amines is 1. The zero-order chi connectivity index (χ0) is 13.1. The average Bonchev–Trinajstić information content (AvgIpc) is 2.88. The molecule has 0 bridgehead atoms. The van der Waals surface area contributed by atoms with Gasteiger partial charge in [0.1, 0.15) is 5.82 Å². The normalized spacial score (nSPS) is 11.0. The van der Waals surface area contributed by atoms with Crippen molar-refractivity contribution in [1.29, 1.82) is 0 Å². The van der Waals surface area contributed by atoms with Crippen molar-refractivity contribution >= 4 is 23.7 Å². The van der Waals surface area contributed by atoms with Crippen molar-refractivity contribution in [2.75, 3.05) is 0 Å². The highest BCUT2D eigenvalue weighted by Gasteiger charge is 2.03. The SMILES string of the molecule is SCc1ccc2nc(CCc3ccccc3)[nH]c2c1. The van der Waals surface area contributed by atoms with Gasteiger partial charge in [-0.05, 0) is 29.7 Å². The maximum atomic E-state index is 4.62. The Balaban J connectivity index is 1.78. The van der Waals surface area contributed by atoms with Crippen LogP contribution >= 0.6 is 12.6 Å². The van der Waals surface area contributed by atoms with Gasteiger partial charge in [0.15, 0.2) is 0 Å². The molecule has 96 valence electrons. The van der Waals surface area contributed by atoms with Crippen LogP contribution in [0.2, 0.25) is 0 Å². The second-order valence-electron chi connectivity index (χ2n) is 4.68. The molecule has 2 nitrogen and oxygen atoms in total. The summed E-state index contributed by atoms with van der Waals surface area (Å²) >= 11 is 4.30. The van der Waals surface area contributed by atoms with E-state index in [0.29, 0.717) is 0 Å². The minimum atomic E-state index is 0.758. The summed E-state index contributed by atoms with van der Waals surface area (Å²) in [6.07, 6.45) is 1.95. The molecule has 0 aliphatic heterocycles. The van der Waals surface area contributed by atoms with E-state index in [1.165, 1.54) is 11.1 Å². The first-order valence-electron chi connectivity index (χ1n) is 6.47. The molecule has 0 aliphatic carbocycles. The molecular weight excluding hydrogens is 252 g/mol. The van der Waals surface area contributed by atoms with E-state index < -0.39 is 0 Å². The molecule has 3 aromatic rings. The van der Waals surface area contributed by atoms with Crippen LogP contribution in [0.3, 0.4) is 0 Å². The predicted molar refractivity (Wildman–Crippen MR) is 82.6 cm³/mol. The first kappa shape index (κ1) is 12.3. The maximum Gasteiger partial charge on any atom is 0.107 e. The topological polar surface area (TPSA) is 28.7 Å². The van der Waals surface area contributed by atoms with E-state index in [4.69, 9.17) is 0 Å². The third-order valence-electron chi connectivity index (χ3n) is 3.27. The van der Waals surface area contributed by atoms with Gasteiger partial charge in [0.2, 0.25) is 0 Å². The standard InChI is InChI=1S/C16H16N2S/c19-11-13-6-8-14-15(10-13)18-16(17-14)9-7-12-4-2-1-3-5-12/h1-6,8,10,19H,7,9,11H2,(H,17,18). The molecule has 0 aliphatic rings. The molecule has 0 radical (unpaired) electrons. The van der Waals surface area contributed by atoms with Crippen molar-refractivity contribution in [1.82, 2.24) is 9.97 Å². The Morgan fingerprint density at radius 3 is 2.58 bits per heavy atom. The Hall–Kier alpha value is -1.74. The number of H-pyrrole nitrogens is 1. The lowest BCUT2D eigenvalue weighted by Crippen LogP contribution is -1.92. The minimum absolute atomic E-state index is 0.758. The van der Waals surface area contributed by atoms with Crippen molar-refractivity contribution < 1.29 is 0 Å². The van der Waals surface area contributed by atoms with Crippen LogP contribution in [0.15, 0.2) is 48.5 Å². The highest BCUT2D eigenvalue weighted by Crippen LogP contribution is 2.16. The number of aromatic nitrogens is 2. The third kappa shape index (κ3) is 2.82. The Morgan fingerprint density at radius 1 is 0.947 bits per heavy atom.